The molecular weight excluding hydrogens is 241 g/mol. The van der Waals surface area contributed by atoms with Gasteiger partial charge in [-0.2, -0.15) is 13.2 Å². The second kappa shape index (κ2) is 4.69. The van der Waals surface area contributed by atoms with Crippen molar-refractivity contribution in [1.82, 2.24) is 0 Å². The highest BCUT2D eigenvalue weighted by molar-refractivity contribution is 7.80. The Kier molecular flexibility index (Phi) is 3.74. The summed E-state index contributed by atoms with van der Waals surface area (Å²) in [6, 6.07) is 3.22. The summed E-state index contributed by atoms with van der Waals surface area (Å²) in [5, 5.41) is -0.00981. The van der Waals surface area contributed by atoms with Crippen LogP contribution in [0.1, 0.15) is 11.1 Å². The van der Waals surface area contributed by atoms with Crippen LogP contribution in [-0.4, -0.2) is 19.3 Å². The number of hydrogen-bond donors (Lipinski definition) is 0. The van der Waals surface area contributed by atoms with Crippen molar-refractivity contribution in [2.24, 2.45) is 0 Å². The maximum absolute atomic E-state index is 12.5. The molecule has 0 atom stereocenters. The van der Waals surface area contributed by atoms with E-state index in [0.29, 0.717) is 0 Å². The summed E-state index contributed by atoms with van der Waals surface area (Å²) in [6.07, 6.45) is -4.44. The number of rotatable bonds is 2. The van der Waals surface area contributed by atoms with Crippen molar-refractivity contribution in [3.8, 4) is 5.75 Å². The van der Waals surface area contributed by atoms with Crippen molar-refractivity contribution in [3.63, 3.8) is 0 Å². The van der Waals surface area contributed by atoms with Crippen molar-refractivity contribution in [2.45, 2.75) is 6.18 Å². The molecule has 0 spiro atoms. The van der Waals surface area contributed by atoms with Gasteiger partial charge >= 0.3 is 6.18 Å². The summed E-state index contributed by atoms with van der Waals surface area (Å²) >= 11 is 4.77. The molecule has 6 heteroatoms. The van der Waals surface area contributed by atoms with E-state index in [2.05, 4.69) is 0 Å². The van der Waals surface area contributed by atoms with Crippen LogP contribution in [0.4, 0.5) is 13.2 Å². The second-order valence-corrected chi connectivity index (χ2v) is 3.31. The highest BCUT2D eigenvalue weighted by atomic mass is 32.1. The van der Waals surface area contributed by atoms with Crippen LogP contribution in [-0.2, 0) is 10.9 Å². The van der Waals surface area contributed by atoms with E-state index in [1.54, 1.807) is 0 Å². The number of hydrogen-bond acceptors (Lipinski definition) is 3. The average Bonchev–Trinajstić information content (AvgIpc) is 2.26. The third-order valence-corrected chi connectivity index (χ3v) is 2.29. The fourth-order valence-electron chi connectivity index (χ4n) is 1.12. The molecule has 0 aliphatic carbocycles. The Hall–Kier alpha value is -1.30. The van der Waals surface area contributed by atoms with Gasteiger partial charge in [-0.1, -0.05) is 0 Å². The molecule has 1 rings (SSSR count). The second-order valence-electron chi connectivity index (χ2n) is 2.94. The van der Waals surface area contributed by atoms with Gasteiger partial charge in [-0.3, -0.25) is 0 Å². The van der Waals surface area contributed by atoms with Gasteiger partial charge < -0.3 is 9.47 Å². The van der Waals surface area contributed by atoms with Gasteiger partial charge in [-0.25, -0.2) is 0 Å². The summed E-state index contributed by atoms with van der Waals surface area (Å²) < 4.78 is 47.0. The summed E-state index contributed by atoms with van der Waals surface area (Å²) in [5.74, 6) is 0.0872. The maximum Gasteiger partial charge on any atom is 0.416 e. The number of alkyl halides is 3. The van der Waals surface area contributed by atoms with Gasteiger partial charge in [0, 0.05) is 5.56 Å². The largest absolute Gasteiger partial charge is 0.497 e. The van der Waals surface area contributed by atoms with E-state index in [9.17, 15) is 13.2 Å². The lowest BCUT2D eigenvalue weighted by Gasteiger charge is -2.11. The average molecular weight is 250 g/mol. The third kappa shape index (κ3) is 2.85. The van der Waals surface area contributed by atoms with E-state index in [1.165, 1.54) is 20.3 Å². The fraction of sp³-hybridized carbons (Fsp3) is 0.300. The number of halogens is 3. The molecule has 0 unspecified atom stereocenters. The molecule has 0 bridgehead atoms. The van der Waals surface area contributed by atoms with Gasteiger partial charge in [-0.05, 0) is 30.4 Å². The molecule has 0 amide bonds. The minimum atomic E-state index is -4.44. The first-order chi connectivity index (χ1) is 7.38. The third-order valence-electron chi connectivity index (χ3n) is 1.89. The zero-order valence-electron chi connectivity index (χ0n) is 8.59. The molecule has 0 saturated carbocycles. The Morgan fingerprint density at radius 1 is 1.19 bits per heavy atom. The minimum Gasteiger partial charge on any atom is -0.497 e. The van der Waals surface area contributed by atoms with Crippen LogP contribution < -0.4 is 4.74 Å². The summed E-state index contributed by atoms with van der Waals surface area (Å²) in [5.41, 5.74) is -0.648. The molecule has 0 heterocycles. The normalized spacial score (nSPS) is 11.1. The molecule has 0 aliphatic rings. The van der Waals surface area contributed by atoms with E-state index in [1.807, 2.05) is 0 Å². The van der Waals surface area contributed by atoms with Gasteiger partial charge in [0.25, 0.3) is 0 Å². The summed E-state index contributed by atoms with van der Waals surface area (Å²) in [6.45, 7) is 0. The highest BCUT2D eigenvalue weighted by Gasteiger charge is 2.31. The molecular formula is C10H9F3O2S. The van der Waals surface area contributed by atoms with E-state index in [-0.39, 0.29) is 16.4 Å². The Bertz CT molecular complexity index is 402. The first-order valence-electron chi connectivity index (χ1n) is 4.23. The number of ether oxygens (including phenoxy) is 2. The van der Waals surface area contributed by atoms with E-state index in [4.69, 9.17) is 21.7 Å². The number of thiocarbonyl (C=S) groups is 1. The maximum atomic E-state index is 12.5. The van der Waals surface area contributed by atoms with Crippen LogP contribution in [0.15, 0.2) is 18.2 Å². The Labute approximate surface area is 96.0 Å². The van der Waals surface area contributed by atoms with E-state index >= 15 is 0 Å². The number of methoxy groups -OCH3 is 2. The van der Waals surface area contributed by atoms with Crippen LogP contribution in [0.25, 0.3) is 0 Å². The lowest BCUT2D eigenvalue weighted by Crippen LogP contribution is -2.08. The van der Waals surface area contributed by atoms with Crippen molar-refractivity contribution in [1.29, 1.82) is 0 Å². The predicted octanol–water partition coefficient (Wildman–Crippen LogP) is 3.04. The minimum absolute atomic E-state index is 0.00981. The lowest BCUT2D eigenvalue weighted by atomic mass is 10.1. The highest BCUT2D eigenvalue weighted by Crippen LogP contribution is 2.32. The predicted molar refractivity (Wildman–Crippen MR) is 56.7 cm³/mol. The lowest BCUT2D eigenvalue weighted by molar-refractivity contribution is -0.137. The monoisotopic (exact) mass is 250 g/mol. The van der Waals surface area contributed by atoms with Crippen LogP contribution in [0.3, 0.4) is 0 Å². The van der Waals surface area contributed by atoms with Crippen LogP contribution >= 0.6 is 12.2 Å². The SMILES string of the molecule is COC(=S)c1cc(OC)cc(C(F)(F)F)c1. The van der Waals surface area contributed by atoms with Crippen molar-refractivity contribution in [3.05, 3.63) is 29.3 Å². The van der Waals surface area contributed by atoms with Crippen molar-refractivity contribution < 1.29 is 22.6 Å². The molecule has 0 aliphatic heterocycles. The topological polar surface area (TPSA) is 18.5 Å². The van der Waals surface area contributed by atoms with E-state index in [0.717, 1.165) is 12.1 Å². The molecule has 0 saturated heterocycles. The fourth-order valence-corrected chi connectivity index (χ4v) is 1.23. The standard InChI is InChI=1S/C10H9F3O2S/c1-14-8-4-6(9(16)15-2)3-7(5-8)10(11,12)13/h3-5H,1-2H3. The molecule has 88 valence electrons. The Morgan fingerprint density at radius 3 is 2.25 bits per heavy atom. The van der Waals surface area contributed by atoms with E-state index < -0.39 is 11.7 Å². The molecule has 0 radical (unpaired) electrons. The van der Waals surface area contributed by atoms with Gasteiger partial charge in [0.15, 0.2) is 5.05 Å². The van der Waals surface area contributed by atoms with Gasteiger partial charge in [0.2, 0.25) is 0 Å². The zero-order valence-corrected chi connectivity index (χ0v) is 9.41. The van der Waals surface area contributed by atoms with Crippen LogP contribution in [0.5, 0.6) is 5.75 Å². The Morgan fingerprint density at radius 2 is 1.81 bits per heavy atom. The van der Waals surface area contributed by atoms with Crippen molar-refractivity contribution in [2.75, 3.05) is 14.2 Å². The quantitative estimate of drug-likeness (QED) is 0.752. The molecule has 16 heavy (non-hydrogen) atoms. The molecule has 1 aromatic rings. The summed E-state index contributed by atoms with van der Waals surface area (Å²) in [7, 11) is 2.59. The van der Waals surface area contributed by atoms with Gasteiger partial charge in [0.1, 0.15) is 5.75 Å². The molecule has 1 aromatic carbocycles. The van der Waals surface area contributed by atoms with Crippen LogP contribution in [0, 0.1) is 0 Å². The van der Waals surface area contributed by atoms with Gasteiger partial charge in [-0.15, -0.1) is 0 Å². The smallest absolute Gasteiger partial charge is 0.416 e. The van der Waals surface area contributed by atoms with Gasteiger partial charge in [0.05, 0.1) is 19.8 Å². The Balaban J connectivity index is 3.27. The van der Waals surface area contributed by atoms with Crippen LogP contribution in [0.2, 0.25) is 0 Å². The molecule has 0 fully saturated rings. The molecule has 0 N–H and O–H groups in total. The zero-order chi connectivity index (χ0) is 12.3. The first kappa shape index (κ1) is 12.8. The molecule has 0 aromatic heterocycles. The summed E-state index contributed by atoms with van der Waals surface area (Å²) in [4.78, 5) is 0. The molecule has 2 nitrogen and oxygen atoms in total. The number of benzene rings is 1. The first-order valence-corrected chi connectivity index (χ1v) is 4.64. The van der Waals surface area contributed by atoms with Crippen molar-refractivity contribution >= 4 is 17.3 Å².